The van der Waals surface area contributed by atoms with Crippen molar-refractivity contribution in [3.8, 4) is 5.75 Å². The van der Waals surface area contributed by atoms with Crippen LogP contribution in [-0.2, 0) is 11.3 Å². The van der Waals surface area contributed by atoms with Crippen LogP contribution in [0.1, 0.15) is 23.4 Å². The van der Waals surface area contributed by atoms with E-state index in [1.54, 1.807) is 18.4 Å². The van der Waals surface area contributed by atoms with E-state index in [0.717, 1.165) is 63.2 Å². The number of guanidine groups is 1. The molecule has 2 heterocycles. The van der Waals surface area contributed by atoms with Crippen molar-refractivity contribution in [1.29, 1.82) is 0 Å². The van der Waals surface area contributed by atoms with E-state index < -0.39 is 0 Å². The van der Waals surface area contributed by atoms with Crippen LogP contribution in [0, 0.1) is 0 Å². The van der Waals surface area contributed by atoms with Crippen molar-refractivity contribution in [3.63, 3.8) is 0 Å². The van der Waals surface area contributed by atoms with Crippen LogP contribution in [0.3, 0.4) is 0 Å². The number of ether oxygens (including phenoxy) is 2. The molecule has 1 atom stereocenters. The monoisotopic (exact) mass is 544 g/mol. The smallest absolute Gasteiger partial charge is 0.194 e. The summed E-state index contributed by atoms with van der Waals surface area (Å²) in [5, 5.41) is 5.58. The first kappa shape index (κ1) is 24.9. The largest absolute Gasteiger partial charge is 0.496 e. The number of thiophene rings is 1. The van der Waals surface area contributed by atoms with Gasteiger partial charge in [0, 0.05) is 43.7 Å². The van der Waals surface area contributed by atoms with Gasteiger partial charge in [-0.1, -0.05) is 24.3 Å². The summed E-state index contributed by atoms with van der Waals surface area (Å²) in [7, 11) is 3.79. The minimum absolute atomic E-state index is 0. The average Bonchev–Trinajstić information content (AvgIpc) is 3.29. The molecule has 0 spiro atoms. The normalized spacial score (nSPS) is 15.9. The fourth-order valence-electron chi connectivity index (χ4n) is 3.56. The molecule has 1 unspecified atom stereocenters. The van der Waals surface area contributed by atoms with Gasteiger partial charge in [0.2, 0.25) is 0 Å². The number of hydrogen-bond acceptors (Lipinski definition) is 5. The number of halogens is 1. The maximum Gasteiger partial charge on any atom is 0.194 e. The van der Waals surface area contributed by atoms with Crippen LogP contribution >= 0.6 is 35.3 Å². The van der Waals surface area contributed by atoms with Gasteiger partial charge in [0.1, 0.15) is 5.75 Å². The lowest BCUT2D eigenvalue weighted by Crippen LogP contribution is -2.42. The molecule has 1 fully saturated rings. The molecule has 1 saturated heterocycles. The molecular weight excluding hydrogens is 511 g/mol. The first-order valence-electron chi connectivity index (χ1n) is 10.2. The van der Waals surface area contributed by atoms with Crippen LogP contribution in [-0.4, -0.2) is 69.3 Å². The van der Waals surface area contributed by atoms with Crippen molar-refractivity contribution >= 4 is 41.3 Å². The van der Waals surface area contributed by atoms with Gasteiger partial charge in [-0.2, -0.15) is 0 Å². The molecule has 1 aliphatic rings. The molecule has 0 aliphatic carbocycles. The summed E-state index contributed by atoms with van der Waals surface area (Å²) in [4.78, 5) is 11.0. The maximum atomic E-state index is 5.55. The van der Waals surface area contributed by atoms with E-state index in [1.807, 2.05) is 18.2 Å². The van der Waals surface area contributed by atoms with Crippen molar-refractivity contribution in [2.75, 3.05) is 53.6 Å². The number of benzene rings is 1. The molecule has 0 radical (unpaired) electrons. The van der Waals surface area contributed by atoms with Gasteiger partial charge >= 0.3 is 0 Å². The standard InChI is InChI=1S/C22H32N4O2S.HI/c1-4-23-22(25(2)17-18-8-5-6-9-20(18)27-3)24-16-19(21-10-7-15-29-21)26-11-13-28-14-12-26;/h5-10,15,19H,4,11-14,16-17H2,1-3H3,(H,23,24);1H. The summed E-state index contributed by atoms with van der Waals surface area (Å²) in [5.74, 6) is 1.81. The Morgan fingerprint density at radius 2 is 2.03 bits per heavy atom. The van der Waals surface area contributed by atoms with E-state index in [-0.39, 0.29) is 30.0 Å². The summed E-state index contributed by atoms with van der Waals surface area (Å²) in [6.45, 7) is 7.87. The van der Waals surface area contributed by atoms with E-state index in [2.05, 4.69) is 52.7 Å². The van der Waals surface area contributed by atoms with Gasteiger partial charge in [-0.25, -0.2) is 0 Å². The second kappa shape index (κ2) is 13.1. The number of para-hydroxylation sites is 1. The molecule has 30 heavy (non-hydrogen) atoms. The highest BCUT2D eigenvalue weighted by Crippen LogP contribution is 2.26. The number of hydrogen-bond donors (Lipinski definition) is 1. The molecule has 3 rings (SSSR count). The van der Waals surface area contributed by atoms with Gasteiger partial charge in [0.05, 0.1) is 32.9 Å². The Hall–Kier alpha value is -1.36. The molecule has 6 nitrogen and oxygen atoms in total. The third-order valence-electron chi connectivity index (χ3n) is 5.07. The van der Waals surface area contributed by atoms with Crippen molar-refractivity contribution in [2.24, 2.45) is 4.99 Å². The number of methoxy groups -OCH3 is 1. The molecule has 0 amide bonds. The summed E-state index contributed by atoms with van der Waals surface area (Å²) in [5.41, 5.74) is 1.14. The molecule has 166 valence electrons. The Morgan fingerprint density at radius 1 is 1.27 bits per heavy atom. The predicted octanol–water partition coefficient (Wildman–Crippen LogP) is 3.85. The highest BCUT2D eigenvalue weighted by atomic mass is 127. The van der Waals surface area contributed by atoms with E-state index in [4.69, 9.17) is 14.5 Å². The summed E-state index contributed by atoms with van der Waals surface area (Å²) < 4.78 is 11.1. The quantitative estimate of drug-likeness (QED) is 0.311. The van der Waals surface area contributed by atoms with Crippen LogP contribution in [0.5, 0.6) is 5.75 Å². The number of aliphatic imine (C=N–C) groups is 1. The summed E-state index contributed by atoms with van der Waals surface area (Å²) in [6, 6.07) is 12.8. The molecule has 0 bridgehead atoms. The minimum Gasteiger partial charge on any atom is -0.496 e. The van der Waals surface area contributed by atoms with E-state index >= 15 is 0 Å². The Morgan fingerprint density at radius 3 is 2.70 bits per heavy atom. The average molecular weight is 545 g/mol. The van der Waals surface area contributed by atoms with Crippen molar-refractivity contribution < 1.29 is 9.47 Å². The van der Waals surface area contributed by atoms with Crippen LogP contribution < -0.4 is 10.1 Å². The van der Waals surface area contributed by atoms with Gasteiger partial charge in [-0.3, -0.25) is 9.89 Å². The lowest BCUT2D eigenvalue weighted by Gasteiger charge is -2.33. The SMILES string of the molecule is CCNC(=NCC(c1cccs1)N1CCOCC1)N(C)Cc1ccccc1OC.I. The molecule has 0 saturated carbocycles. The van der Waals surface area contributed by atoms with E-state index in [1.165, 1.54) is 4.88 Å². The zero-order valence-electron chi connectivity index (χ0n) is 18.0. The highest BCUT2D eigenvalue weighted by molar-refractivity contribution is 14.0. The predicted molar refractivity (Wildman–Crippen MR) is 135 cm³/mol. The summed E-state index contributed by atoms with van der Waals surface area (Å²) >= 11 is 1.80. The van der Waals surface area contributed by atoms with Crippen LogP contribution in [0.15, 0.2) is 46.8 Å². The third-order valence-corrected chi connectivity index (χ3v) is 6.04. The molecule has 2 aromatic rings. The lowest BCUT2D eigenvalue weighted by atomic mass is 10.2. The van der Waals surface area contributed by atoms with Crippen molar-refractivity contribution in [3.05, 3.63) is 52.2 Å². The molecule has 1 N–H and O–H groups in total. The number of rotatable bonds is 8. The fraction of sp³-hybridized carbons (Fsp3) is 0.500. The first-order valence-corrected chi connectivity index (χ1v) is 11.1. The zero-order valence-corrected chi connectivity index (χ0v) is 21.2. The maximum absolute atomic E-state index is 5.55. The highest BCUT2D eigenvalue weighted by Gasteiger charge is 2.23. The zero-order chi connectivity index (χ0) is 20.5. The fourth-order valence-corrected chi connectivity index (χ4v) is 4.41. The third kappa shape index (κ3) is 6.83. The molecule has 1 aromatic heterocycles. The Balaban J connectivity index is 0.00000320. The van der Waals surface area contributed by atoms with Gasteiger partial charge in [-0.15, -0.1) is 35.3 Å². The van der Waals surface area contributed by atoms with Crippen LogP contribution in [0.25, 0.3) is 0 Å². The molecule has 1 aliphatic heterocycles. The van der Waals surface area contributed by atoms with Crippen molar-refractivity contribution in [1.82, 2.24) is 15.1 Å². The van der Waals surface area contributed by atoms with Gasteiger partial charge in [-0.05, 0) is 24.4 Å². The Bertz CT molecular complexity index is 766. The number of nitrogens with zero attached hydrogens (tertiary/aromatic N) is 3. The number of nitrogens with one attached hydrogen (secondary N) is 1. The Labute approximate surface area is 201 Å². The van der Waals surface area contributed by atoms with Gasteiger partial charge in [0.25, 0.3) is 0 Å². The lowest BCUT2D eigenvalue weighted by molar-refractivity contribution is 0.0186. The van der Waals surface area contributed by atoms with E-state index in [9.17, 15) is 0 Å². The second-order valence-electron chi connectivity index (χ2n) is 7.04. The van der Waals surface area contributed by atoms with E-state index in [0.29, 0.717) is 0 Å². The minimum atomic E-state index is 0. The van der Waals surface area contributed by atoms with Gasteiger partial charge < -0.3 is 19.7 Å². The Kier molecular flexibility index (Phi) is 10.9. The van der Waals surface area contributed by atoms with Gasteiger partial charge in [0.15, 0.2) is 5.96 Å². The van der Waals surface area contributed by atoms with Crippen molar-refractivity contribution in [2.45, 2.75) is 19.5 Å². The molecule has 1 aromatic carbocycles. The molecule has 8 heteroatoms. The summed E-state index contributed by atoms with van der Waals surface area (Å²) in [6.07, 6.45) is 0. The second-order valence-corrected chi connectivity index (χ2v) is 8.02. The number of morpholine rings is 1. The topological polar surface area (TPSA) is 49.3 Å². The first-order chi connectivity index (χ1) is 14.2. The van der Waals surface area contributed by atoms with Crippen LogP contribution in [0.4, 0.5) is 0 Å². The molecular formula is C22H33IN4O2S. The van der Waals surface area contributed by atoms with Crippen LogP contribution in [0.2, 0.25) is 0 Å².